The van der Waals surface area contributed by atoms with Crippen molar-refractivity contribution in [3.63, 3.8) is 0 Å². The van der Waals surface area contributed by atoms with Gasteiger partial charge in [0.25, 0.3) is 6.47 Å². The molecule has 0 aliphatic rings. The predicted octanol–water partition coefficient (Wildman–Crippen LogP) is 2.81. The lowest BCUT2D eigenvalue weighted by Crippen LogP contribution is -2.00. The third-order valence-electron chi connectivity index (χ3n) is 2.91. The number of hydrogen-bond acceptors (Lipinski definition) is 4. The van der Waals surface area contributed by atoms with E-state index in [1.807, 2.05) is 36.4 Å². The van der Waals surface area contributed by atoms with Crippen LogP contribution in [0.5, 0.6) is 0 Å². The molecule has 0 amide bonds. The zero-order valence-corrected chi connectivity index (χ0v) is 11.0. The van der Waals surface area contributed by atoms with E-state index in [2.05, 4.69) is 9.47 Å². The predicted molar refractivity (Wildman–Crippen MR) is 74.1 cm³/mol. The van der Waals surface area contributed by atoms with Gasteiger partial charge in [0.2, 0.25) is 0 Å². The van der Waals surface area contributed by atoms with E-state index in [1.54, 1.807) is 12.1 Å². The second-order valence-corrected chi connectivity index (χ2v) is 4.17. The SMILES string of the molecule is COC(=O)c1ccc(-c2ccc(COC=O)cc2)cc1. The zero-order valence-electron chi connectivity index (χ0n) is 11.0. The molecular weight excluding hydrogens is 256 g/mol. The lowest BCUT2D eigenvalue weighted by molar-refractivity contribution is -0.129. The van der Waals surface area contributed by atoms with E-state index in [-0.39, 0.29) is 12.6 Å². The molecule has 2 rings (SSSR count). The van der Waals surface area contributed by atoms with Crippen molar-refractivity contribution in [1.29, 1.82) is 0 Å². The molecule has 0 N–H and O–H groups in total. The first-order chi connectivity index (χ1) is 9.74. The highest BCUT2D eigenvalue weighted by atomic mass is 16.5. The number of ether oxygens (including phenoxy) is 2. The van der Waals surface area contributed by atoms with Gasteiger partial charge in [-0.25, -0.2) is 4.79 Å². The van der Waals surface area contributed by atoms with Crippen LogP contribution in [0.25, 0.3) is 11.1 Å². The molecule has 0 saturated heterocycles. The van der Waals surface area contributed by atoms with Crippen molar-refractivity contribution in [1.82, 2.24) is 0 Å². The summed E-state index contributed by atoms with van der Waals surface area (Å²) >= 11 is 0. The molecule has 4 heteroatoms. The molecule has 102 valence electrons. The Morgan fingerprint density at radius 1 is 1.00 bits per heavy atom. The molecule has 0 spiro atoms. The van der Waals surface area contributed by atoms with Crippen LogP contribution in [0.2, 0.25) is 0 Å². The summed E-state index contributed by atoms with van der Waals surface area (Å²) in [4.78, 5) is 21.5. The van der Waals surface area contributed by atoms with Gasteiger partial charge in [0.15, 0.2) is 0 Å². The summed E-state index contributed by atoms with van der Waals surface area (Å²) in [5.74, 6) is -0.349. The summed E-state index contributed by atoms with van der Waals surface area (Å²) < 4.78 is 9.34. The van der Waals surface area contributed by atoms with E-state index in [0.717, 1.165) is 16.7 Å². The maximum Gasteiger partial charge on any atom is 0.337 e. The van der Waals surface area contributed by atoms with E-state index in [0.29, 0.717) is 12.0 Å². The van der Waals surface area contributed by atoms with Crippen molar-refractivity contribution >= 4 is 12.4 Å². The monoisotopic (exact) mass is 270 g/mol. The van der Waals surface area contributed by atoms with Crippen LogP contribution in [0, 0.1) is 0 Å². The van der Waals surface area contributed by atoms with Crippen LogP contribution in [0.1, 0.15) is 15.9 Å². The highest BCUT2D eigenvalue weighted by Gasteiger charge is 2.05. The van der Waals surface area contributed by atoms with Crippen molar-refractivity contribution in [2.24, 2.45) is 0 Å². The molecule has 0 radical (unpaired) electrons. The average Bonchev–Trinajstić information content (AvgIpc) is 2.53. The van der Waals surface area contributed by atoms with Crippen molar-refractivity contribution in [2.75, 3.05) is 7.11 Å². The topological polar surface area (TPSA) is 52.6 Å². The highest BCUT2D eigenvalue weighted by Crippen LogP contribution is 2.20. The molecule has 20 heavy (non-hydrogen) atoms. The normalized spacial score (nSPS) is 9.85. The quantitative estimate of drug-likeness (QED) is 0.619. The molecule has 0 bridgehead atoms. The van der Waals surface area contributed by atoms with Crippen LogP contribution in [-0.4, -0.2) is 19.6 Å². The minimum Gasteiger partial charge on any atom is -0.465 e. The fraction of sp³-hybridized carbons (Fsp3) is 0.125. The number of carbonyl (C=O) groups excluding carboxylic acids is 2. The first-order valence-corrected chi connectivity index (χ1v) is 6.07. The first kappa shape index (κ1) is 13.8. The van der Waals surface area contributed by atoms with Gasteiger partial charge in [-0.05, 0) is 28.8 Å². The zero-order chi connectivity index (χ0) is 14.4. The lowest BCUT2D eigenvalue weighted by atomic mass is 10.0. The summed E-state index contributed by atoms with van der Waals surface area (Å²) in [6, 6.07) is 14.9. The number of rotatable bonds is 5. The summed E-state index contributed by atoms with van der Waals surface area (Å²) in [5, 5.41) is 0. The molecule has 0 saturated carbocycles. The van der Waals surface area contributed by atoms with Gasteiger partial charge in [0.05, 0.1) is 12.7 Å². The lowest BCUT2D eigenvalue weighted by Gasteiger charge is -2.05. The first-order valence-electron chi connectivity index (χ1n) is 6.07. The smallest absolute Gasteiger partial charge is 0.337 e. The van der Waals surface area contributed by atoms with Crippen LogP contribution < -0.4 is 0 Å². The van der Waals surface area contributed by atoms with E-state index < -0.39 is 0 Å². The molecule has 4 nitrogen and oxygen atoms in total. The molecule has 0 fully saturated rings. The Balaban J connectivity index is 2.15. The molecule has 2 aromatic rings. The van der Waals surface area contributed by atoms with Crippen LogP contribution in [0.15, 0.2) is 48.5 Å². The Hall–Kier alpha value is -2.62. The molecule has 0 heterocycles. The van der Waals surface area contributed by atoms with Crippen molar-refractivity contribution in [3.05, 3.63) is 59.7 Å². The molecular formula is C16H14O4. The van der Waals surface area contributed by atoms with Crippen molar-refractivity contribution in [2.45, 2.75) is 6.61 Å². The summed E-state index contributed by atoms with van der Waals surface area (Å²) in [6.45, 7) is 0.699. The van der Waals surface area contributed by atoms with Crippen molar-refractivity contribution < 1.29 is 19.1 Å². The minimum absolute atomic E-state index is 0.269. The van der Waals surface area contributed by atoms with E-state index >= 15 is 0 Å². The Morgan fingerprint density at radius 3 is 2.05 bits per heavy atom. The number of carbonyl (C=O) groups is 2. The highest BCUT2D eigenvalue weighted by molar-refractivity contribution is 5.89. The van der Waals surface area contributed by atoms with Crippen LogP contribution in [0.3, 0.4) is 0 Å². The Morgan fingerprint density at radius 2 is 1.55 bits per heavy atom. The van der Waals surface area contributed by atoms with Gasteiger partial charge in [-0.2, -0.15) is 0 Å². The largest absolute Gasteiger partial charge is 0.465 e. The number of methoxy groups -OCH3 is 1. The molecule has 0 aliphatic carbocycles. The van der Waals surface area contributed by atoms with Crippen LogP contribution >= 0.6 is 0 Å². The van der Waals surface area contributed by atoms with Gasteiger partial charge < -0.3 is 9.47 Å². The third kappa shape index (κ3) is 3.23. The van der Waals surface area contributed by atoms with Gasteiger partial charge >= 0.3 is 5.97 Å². The molecule has 0 aromatic heterocycles. The number of benzene rings is 2. The van der Waals surface area contributed by atoms with Crippen LogP contribution in [-0.2, 0) is 20.9 Å². The standard InChI is InChI=1S/C16H14O4/c1-19-16(18)15-8-6-14(7-9-15)13-4-2-12(3-5-13)10-20-11-17/h2-9,11H,10H2,1H3. The summed E-state index contributed by atoms with van der Waals surface area (Å²) in [5.41, 5.74) is 3.47. The summed E-state index contributed by atoms with van der Waals surface area (Å²) in [6.07, 6.45) is 0. The van der Waals surface area contributed by atoms with Gasteiger partial charge in [-0.1, -0.05) is 36.4 Å². The Kier molecular flexibility index (Phi) is 4.50. The Labute approximate surface area is 116 Å². The molecule has 2 aromatic carbocycles. The second-order valence-electron chi connectivity index (χ2n) is 4.17. The number of esters is 1. The second kappa shape index (κ2) is 6.52. The molecule has 0 unspecified atom stereocenters. The van der Waals surface area contributed by atoms with Gasteiger partial charge in [0.1, 0.15) is 6.61 Å². The third-order valence-corrected chi connectivity index (χ3v) is 2.91. The van der Waals surface area contributed by atoms with Crippen molar-refractivity contribution in [3.8, 4) is 11.1 Å². The maximum absolute atomic E-state index is 11.3. The molecule has 0 aliphatic heterocycles. The maximum atomic E-state index is 11.3. The van der Waals surface area contributed by atoms with E-state index in [4.69, 9.17) is 0 Å². The fourth-order valence-corrected chi connectivity index (χ4v) is 1.84. The minimum atomic E-state index is -0.349. The van der Waals surface area contributed by atoms with E-state index in [1.165, 1.54) is 7.11 Å². The molecule has 0 atom stereocenters. The van der Waals surface area contributed by atoms with Gasteiger partial charge in [-0.15, -0.1) is 0 Å². The van der Waals surface area contributed by atoms with Crippen LogP contribution in [0.4, 0.5) is 0 Å². The summed E-state index contributed by atoms with van der Waals surface area (Å²) in [7, 11) is 1.36. The van der Waals surface area contributed by atoms with Gasteiger partial charge in [-0.3, -0.25) is 4.79 Å². The Bertz CT molecular complexity index is 585. The van der Waals surface area contributed by atoms with Gasteiger partial charge in [0, 0.05) is 0 Å². The van der Waals surface area contributed by atoms with E-state index in [9.17, 15) is 9.59 Å². The average molecular weight is 270 g/mol. The number of hydrogen-bond donors (Lipinski definition) is 0. The fourth-order valence-electron chi connectivity index (χ4n) is 1.84.